The van der Waals surface area contributed by atoms with Crippen LogP contribution in [-0.2, 0) is 15.6 Å². The zero-order valence-electron chi connectivity index (χ0n) is 16.3. The molecule has 0 unspecified atom stereocenters. The molecule has 0 N–H and O–H groups in total. The number of benzene rings is 2. The van der Waals surface area contributed by atoms with Gasteiger partial charge in [0.25, 0.3) is 0 Å². The van der Waals surface area contributed by atoms with Crippen molar-refractivity contribution in [1.29, 1.82) is 0 Å². The molecule has 0 saturated carbocycles. The summed E-state index contributed by atoms with van der Waals surface area (Å²) < 4.78 is 29.6. The SMILES string of the molecule is COc1ccc(CSC2=N[C@H]3CS(=O)(=O)C[C@@H]3N2c2ccc(C)cc2C)cc1. The Kier molecular flexibility index (Phi) is 5.14. The third kappa shape index (κ3) is 3.78. The van der Waals surface area contributed by atoms with Crippen molar-refractivity contribution in [3.63, 3.8) is 0 Å². The number of fused-ring (bicyclic) bond motifs is 1. The van der Waals surface area contributed by atoms with Crippen LogP contribution < -0.4 is 9.64 Å². The summed E-state index contributed by atoms with van der Waals surface area (Å²) in [6.07, 6.45) is 0. The lowest BCUT2D eigenvalue weighted by Crippen LogP contribution is -2.39. The van der Waals surface area contributed by atoms with Crippen LogP contribution in [0.25, 0.3) is 0 Å². The van der Waals surface area contributed by atoms with Crippen molar-refractivity contribution in [3.8, 4) is 5.75 Å². The van der Waals surface area contributed by atoms with Gasteiger partial charge in [-0.2, -0.15) is 0 Å². The molecule has 1 saturated heterocycles. The van der Waals surface area contributed by atoms with Gasteiger partial charge in [-0.3, -0.25) is 4.99 Å². The molecule has 2 aromatic carbocycles. The molecule has 7 heteroatoms. The quantitative estimate of drug-likeness (QED) is 0.762. The van der Waals surface area contributed by atoms with E-state index in [0.717, 1.165) is 27.9 Å². The minimum Gasteiger partial charge on any atom is -0.497 e. The zero-order chi connectivity index (χ0) is 19.9. The first-order chi connectivity index (χ1) is 13.4. The third-order valence-electron chi connectivity index (χ3n) is 5.25. The van der Waals surface area contributed by atoms with E-state index >= 15 is 0 Å². The summed E-state index contributed by atoms with van der Waals surface area (Å²) in [7, 11) is -1.38. The maximum Gasteiger partial charge on any atom is 0.164 e. The number of rotatable bonds is 4. The Morgan fingerprint density at radius 2 is 1.89 bits per heavy atom. The summed E-state index contributed by atoms with van der Waals surface area (Å²) in [4.78, 5) is 6.97. The van der Waals surface area contributed by atoms with Crippen molar-refractivity contribution >= 4 is 32.5 Å². The Hall–Kier alpha value is -1.99. The molecule has 148 valence electrons. The molecule has 2 aliphatic rings. The van der Waals surface area contributed by atoms with E-state index < -0.39 is 9.84 Å². The molecule has 0 radical (unpaired) electrons. The van der Waals surface area contributed by atoms with E-state index in [1.165, 1.54) is 11.1 Å². The van der Waals surface area contributed by atoms with E-state index in [9.17, 15) is 8.42 Å². The fourth-order valence-electron chi connectivity index (χ4n) is 3.86. The van der Waals surface area contributed by atoms with Gasteiger partial charge in [-0.15, -0.1) is 0 Å². The number of thioether (sulfide) groups is 1. The van der Waals surface area contributed by atoms with Gasteiger partial charge < -0.3 is 9.64 Å². The highest BCUT2D eigenvalue weighted by Gasteiger charge is 2.47. The summed E-state index contributed by atoms with van der Waals surface area (Å²) in [5.41, 5.74) is 4.57. The van der Waals surface area contributed by atoms with Crippen molar-refractivity contribution in [1.82, 2.24) is 0 Å². The Morgan fingerprint density at radius 1 is 1.14 bits per heavy atom. The van der Waals surface area contributed by atoms with E-state index in [1.807, 2.05) is 24.3 Å². The lowest BCUT2D eigenvalue weighted by atomic mass is 10.1. The highest BCUT2D eigenvalue weighted by molar-refractivity contribution is 8.13. The molecule has 0 spiro atoms. The number of ether oxygens (including phenoxy) is 1. The summed E-state index contributed by atoms with van der Waals surface area (Å²) in [6, 6.07) is 14.0. The number of nitrogens with zero attached hydrogens (tertiary/aromatic N) is 2. The van der Waals surface area contributed by atoms with Crippen LogP contribution in [-0.4, -0.2) is 44.3 Å². The first-order valence-corrected chi connectivity index (χ1v) is 12.1. The first-order valence-electron chi connectivity index (χ1n) is 9.27. The Morgan fingerprint density at radius 3 is 2.57 bits per heavy atom. The average molecular weight is 417 g/mol. The van der Waals surface area contributed by atoms with Crippen molar-refractivity contribution in [2.24, 2.45) is 4.99 Å². The number of aliphatic imine (C=N–C) groups is 1. The van der Waals surface area contributed by atoms with Crippen LogP contribution in [0.5, 0.6) is 5.75 Å². The highest BCUT2D eigenvalue weighted by Crippen LogP contribution is 2.37. The largest absolute Gasteiger partial charge is 0.497 e. The number of aryl methyl sites for hydroxylation is 2. The number of sulfone groups is 1. The third-order valence-corrected chi connectivity index (χ3v) is 7.98. The molecule has 0 bridgehead atoms. The minimum atomic E-state index is -3.04. The van der Waals surface area contributed by atoms with Crippen LogP contribution in [0.4, 0.5) is 5.69 Å². The van der Waals surface area contributed by atoms with Crippen molar-refractivity contribution < 1.29 is 13.2 Å². The zero-order valence-corrected chi connectivity index (χ0v) is 17.9. The Labute approximate surface area is 170 Å². The summed E-state index contributed by atoms with van der Waals surface area (Å²) in [6.45, 7) is 4.14. The van der Waals surface area contributed by atoms with E-state index in [4.69, 9.17) is 9.73 Å². The summed E-state index contributed by atoms with van der Waals surface area (Å²) in [5, 5.41) is 0.910. The molecule has 1 fully saturated rings. The normalized spacial score (nSPS) is 22.8. The Balaban J connectivity index is 1.61. The summed E-state index contributed by atoms with van der Waals surface area (Å²) in [5.74, 6) is 1.92. The molecule has 0 aliphatic carbocycles. The minimum absolute atomic E-state index is 0.107. The molecule has 2 heterocycles. The van der Waals surface area contributed by atoms with Crippen molar-refractivity contribution in [2.75, 3.05) is 23.5 Å². The molecule has 2 atom stereocenters. The standard InChI is InChI=1S/C21H24N2O3S2/c1-14-4-9-19(15(2)10-14)23-20-13-28(24,25)12-18(20)22-21(23)27-11-16-5-7-17(26-3)8-6-16/h4-10,18,20H,11-13H2,1-3H3/t18-,20-/m0/s1. The maximum absolute atomic E-state index is 12.2. The Bertz CT molecular complexity index is 1020. The van der Waals surface area contributed by atoms with Crippen LogP contribution >= 0.6 is 11.8 Å². The van der Waals surface area contributed by atoms with Crippen molar-refractivity contribution in [2.45, 2.75) is 31.7 Å². The number of amidine groups is 1. The number of methoxy groups -OCH3 is 1. The van der Waals surface area contributed by atoms with Crippen LogP contribution in [0.15, 0.2) is 47.5 Å². The first kappa shape index (κ1) is 19.3. The average Bonchev–Trinajstić information content (AvgIpc) is 3.12. The van der Waals surface area contributed by atoms with Gasteiger partial charge in [-0.1, -0.05) is 41.6 Å². The van der Waals surface area contributed by atoms with Gasteiger partial charge in [0.05, 0.1) is 30.7 Å². The van der Waals surface area contributed by atoms with Gasteiger partial charge in [0.15, 0.2) is 15.0 Å². The monoisotopic (exact) mass is 416 g/mol. The predicted octanol–water partition coefficient (Wildman–Crippen LogP) is 3.59. The van der Waals surface area contributed by atoms with E-state index in [2.05, 4.69) is 36.9 Å². The second-order valence-electron chi connectivity index (χ2n) is 7.42. The highest BCUT2D eigenvalue weighted by atomic mass is 32.2. The number of hydrogen-bond donors (Lipinski definition) is 0. The number of anilines is 1. The van der Waals surface area contributed by atoms with Gasteiger partial charge in [0, 0.05) is 11.4 Å². The second-order valence-corrected chi connectivity index (χ2v) is 10.5. The van der Waals surface area contributed by atoms with E-state index in [-0.39, 0.29) is 23.6 Å². The molecule has 2 aliphatic heterocycles. The molecule has 0 amide bonds. The fourth-order valence-corrected chi connectivity index (χ4v) is 6.78. The predicted molar refractivity (Wildman–Crippen MR) is 116 cm³/mol. The molecular formula is C21H24N2O3S2. The van der Waals surface area contributed by atoms with Crippen LogP contribution in [0.1, 0.15) is 16.7 Å². The van der Waals surface area contributed by atoms with Crippen LogP contribution in [0.3, 0.4) is 0 Å². The fraction of sp³-hybridized carbons (Fsp3) is 0.381. The van der Waals surface area contributed by atoms with Crippen LogP contribution in [0.2, 0.25) is 0 Å². The van der Waals surface area contributed by atoms with Crippen molar-refractivity contribution in [3.05, 3.63) is 59.2 Å². The van der Waals surface area contributed by atoms with Gasteiger partial charge in [0.2, 0.25) is 0 Å². The molecule has 2 aromatic rings. The molecular weight excluding hydrogens is 392 g/mol. The maximum atomic E-state index is 12.2. The molecule has 5 nitrogen and oxygen atoms in total. The van der Waals surface area contributed by atoms with Gasteiger partial charge in [-0.25, -0.2) is 8.42 Å². The lowest BCUT2D eigenvalue weighted by Gasteiger charge is -2.28. The van der Waals surface area contributed by atoms with Gasteiger partial charge in [-0.05, 0) is 43.2 Å². The second kappa shape index (κ2) is 7.44. The molecule has 28 heavy (non-hydrogen) atoms. The van der Waals surface area contributed by atoms with Crippen LogP contribution in [0, 0.1) is 13.8 Å². The lowest BCUT2D eigenvalue weighted by molar-refractivity contribution is 0.414. The topological polar surface area (TPSA) is 59.0 Å². The smallest absolute Gasteiger partial charge is 0.164 e. The van der Waals surface area contributed by atoms with Gasteiger partial charge >= 0.3 is 0 Å². The van der Waals surface area contributed by atoms with E-state index in [1.54, 1.807) is 18.9 Å². The van der Waals surface area contributed by atoms with Gasteiger partial charge in [0.1, 0.15) is 5.75 Å². The number of hydrogen-bond acceptors (Lipinski definition) is 6. The molecule has 4 rings (SSSR count). The van der Waals surface area contributed by atoms with E-state index in [0.29, 0.717) is 0 Å². The summed E-state index contributed by atoms with van der Waals surface area (Å²) >= 11 is 1.66. The molecule has 0 aromatic heterocycles.